The predicted octanol–water partition coefficient (Wildman–Crippen LogP) is 2.56. The zero-order chi connectivity index (χ0) is 13.9. The summed E-state index contributed by atoms with van der Waals surface area (Å²) in [7, 11) is 0. The molecule has 1 aliphatic rings. The topological polar surface area (TPSA) is 59.3 Å². The van der Waals surface area contributed by atoms with E-state index in [4.69, 9.17) is 9.47 Å². The lowest BCUT2D eigenvalue weighted by Gasteiger charge is -2.19. The molecule has 0 saturated heterocycles. The van der Waals surface area contributed by atoms with Crippen molar-refractivity contribution in [2.75, 3.05) is 13.2 Å². The van der Waals surface area contributed by atoms with Gasteiger partial charge >= 0.3 is 0 Å². The van der Waals surface area contributed by atoms with Crippen LogP contribution in [0.25, 0.3) is 0 Å². The molecular weight excluding hydrogens is 254 g/mol. The lowest BCUT2D eigenvalue weighted by molar-refractivity contribution is 0.103. The Morgan fingerprint density at radius 3 is 2.35 bits per heavy atom. The fourth-order valence-electron chi connectivity index (χ4n) is 2.11. The summed E-state index contributed by atoms with van der Waals surface area (Å²) in [6.45, 7) is 0.891. The smallest absolute Gasteiger partial charge is 0.194 e. The van der Waals surface area contributed by atoms with Crippen molar-refractivity contribution < 1.29 is 14.3 Å². The van der Waals surface area contributed by atoms with Gasteiger partial charge in [0.25, 0.3) is 0 Å². The maximum Gasteiger partial charge on any atom is 0.194 e. The highest BCUT2D eigenvalue weighted by molar-refractivity contribution is 6.10. The number of rotatable bonds is 2. The molecule has 0 bridgehead atoms. The van der Waals surface area contributed by atoms with Crippen LogP contribution in [0, 0.1) is 11.3 Å². The van der Waals surface area contributed by atoms with Gasteiger partial charge in [0, 0.05) is 17.2 Å². The molecule has 0 radical (unpaired) electrons. The molecule has 0 spiro atoms. The third-order valence-electron chi connectivity index (χ3n) is 3.08. The summed E-state index contributed by atoms with van der Waals surface area (Å²) >= 11 is 0. The van der Waals surface area contributed by atoms with Crippen LogP contribution in [0.5, 0.6) is 11.5 Å². The highest BCUT2D eigenvalue weighted by atomic mass is 16.6. The normalized spacial score (nSPS) is 12.6. The van der Waals surface area contributed by atoms with E-state index < -0.39 is 0 Å². The number of nitrogens with zero attached hydrogens (tertiary/aromatic N) is 1. The summed E-state index contributed by atoms with van der Waals surface area (Å²) in [6.07, 6.45) is 0. The second-order valence-corrected chi connectivity index (χ2v) is 4.35. The minimum Gasteiger partial charge on any atom is -0.486 e. The highest BCUT2D eigenvalue weighted by Gasteiger charge is 2.20. The Hall–Kier alpha value is -2.80. The molecule has 0 unspecified atom stereocenters. The molecule has 4 heteroatoms. The van der Waals surface area contributed by atoms with E-state index in [2.05, 4.69) is 0 Å². The molecule has 0 aromatic heterocycles. The van der Waals surface area contributed by atoms with E-state index in [9.17, 15) is 10.1 Å². The number of ketones is 1. The summed E-state index contributed by atoms with van der Waals surface area (Å²) in [5, 5.41) is 9.22. The van der Waals surface area contributed by atoms with E-state index in [-0.39, 0.29) is 5.78 Å². The van der Waals surface area contributed by atoms with E-state index in [1.54, 1.807) is 36.4 Å². The zero-order valence-corrected chi connectivity index (χ0v) is 10.6. The molecule has 4 nitrogen and oxygen atoms in total. The Bertz CT molecular complexity index is 702. The van der Waals surface area contributed by atoms with Gasteiger partial charge in [0.1, 0.15) is 19.3 Å². The number of ether oxygens (including phenoxy) is 2. The number of hydrogen-bond acceptors (Lipinski definition) is 4. The predicted molar refractivity (Wildman–Crippen MR) is 72.0 cm³/mol. The Morgan fingerprint density at radius 2 is 1.70 bits per heavy atom. The quantitative estimate of drug-likeness (QED) is 0.783. The van der Waals surface area contributed by atoms with Crippen molar-refractivity contribution in [1.29, 1.82) is 5.26 Å². The Balaban J connectivity index is 2.09. The second kappa shape index (κ2) is 5.06. The first-order valence-electron chi connectivity index (χ1n) is 6.23. The van der Waals surface area contributed by atoms with Crippen molar-refractivity contribution in [1.82, 2.24) is 0 Å². The Labute approximate surface area is 116 Å². The van der Waals surface area contributed by atoms with Crippen molar-refractivity contribution in [2.45, 2.75) is 0 Å². The molecule has 0 N–H and O–H groups in total. The molecule has 20 heavy (non-hydrogen) atoms. The van der Waals surface area contributed by atoms with E-state index in [0.29, 0.717) is 41.4 Å². The lowest BCUT2D eigenvalue weighted by Crippen LogP contribution is -2.16. The van der Waals surface area contributed by atoms with Gasteiger partial charge in [-0.05, 0) is 6.07 Å². The van der Waals surface area contributed by atoms with Crippen LogP contribution >= 0.6 is 0 Å². The average Bonchev–Trinajstić information content (AvgIpc) is 2.53. The number of benzene rings is 2. The van der Waals surface area contributed by atoms with Crippen LogP contribution in [0.4, 0.5) is 0 Å². The van der Waals surface area contributed by atoms with E-state index >= 15 is 0 Å². The van der Waals surface area contributed by atoms with Gasteiger partial charge in [-0.1, -0.05) is 30.3 Å². The third-order valence-corrected chi connectivity index (χ3v) is 3.08. The number of hydrogen-bond donors (Lipinski definition) is 0. The standard InChI is InChI=1S/C16H11NO3/c17-10-12-8-14-15(20-7-6-19-14)9-13(12)16(18)11-4-2-1-3-5-11/h1-5,8-9H,6-7H2. The SMILES string of the molecule is N#Cc1cc2c(cc1C(=O)c1ccccc1)OCCO2. The van der Waals surface area contributed by atoms with E-state index in [1.165, 1.54) is 0 Å². The van der Waals surface area contributed by atoms with Crippen LogP contribution < -0.4 is 9.47 Å². The molecule has 2 aromatic carbocycles. The molecule has 0 aliphatic carbocycles. The van der Waals surface area contributed by atoms with Gasteiger partial charge < -0.3 is 9.47 Å². The molecule has 0 fully saturated rings. The molecule has 98 valence electrons. The summed E-state index contributed by atoms with van der Waals surface area (Å²) in [4.78, 5) is 12.5. The molecule has 0 saturated carbocycles. The highest BCUT2D eigenvalue weighted by Crippen LogP contribution is 2.33. The van der Waals surface area contributed by atoms with Gasteiger partial charge in [0.2, 0.25) is 0 Å². The largest absolute Gasteiger partial charge is 0.486 e. The van der Waals surface area contributed by atoms with Crippen molar-refractivity contribution in [3.8, 4) is 17.6 Å². The fourth-order valence-corrected chi connectivity index (χ4v) is 2.11. The van der Waals surface area contributed by atoms with E-state index in [0.717, 1.165) is 0 Å². The van der Waals surface area contributed by atoms with Crippen LogP contribution in [0.15, 0.2) is 42.5 Å². The van der Waals surface area contributed by atoms with Gasteiger partial charge in [0.05, 0.1) is 5.56 Å². The van der Waals surface area contributed by atoms with E-state index in [1.807, 2.05) is 12.1 Å². The average molecular weight is 265 g/mol. The first-order valence-corrected chi connectivity index (χ1v) is 6.23. The third kappa shape index (κ3) is 2.10. The van der Waals surface area contributed by atoms with Crippen LogP contribution in [0.2, 0.25) is 0 Å². The summed E-state index contributed by atoms with van der Waals surface area (Å²) in [6, 6.07) is 14.0. The first kappa shape index (κ1) is 12.2. The number of carbonyl (C=O) groups is 1. The number of fused-ring (bicyclic) bond motifs is 1. The lowest BCUT2D eigenvalue weighted by atomic mass is 9.98. The maximum absolute atomic E-state index is 12.5. The number of carbonyl (C=O) groups excluding carboxylic acids is 1. The summed E-state index contributed by atoms with van der Waals surface area (Å²) in [5.74, 6) is 0.825. The molecule has 0 atom stereocenters. The number of nitriles is 1. The molecule has 3 rings (SSSR count). The van der Waals surface area contributed by atoms with Gasteiger partial charge in [-0.2, -0.15) is 5.26 Å². The molecule has 2 aromatic rings. The molecule has 1 aliphatic heterocycles. The summed E-state index contributed by atoms with van der Waals surface area (Å²) in [5.41, 5.74) is 1.17. The van der Waals surface area contributed by atoms with Crippen LogP contribution in [-0.4, -0.2) is 19.0 Å². The fraction of sp³-hybridized carbons (Fsp3) is 0.125. The minimum absolute atomic E-state index is 0.195. The Kier molecular flexibility index (Phi) is 3.10. The van der Waals surface area contributed by atoms with Crippen LogP contribution in [0.3, 0.4) is 0 Å². The molecule has 1 heterocycles. The summed E-state index contributed by atoms with van der Waals surface area (Å²) < 4.78 is 10.9. The van der Waals surface area contributed by atoms with Crippen molar-refractivity contribution in [3.05, 3.63) is 59.2 Å². The first-order chi connectivity index (χ1) is 9.79. The monoisotopic (exact) mass is 265 g/mol. The zero-order valence-electron chi connectivity index (χ0n) is 10.6. The second-order valence-electron chi connectivity index (χ2n) is 4.35. The van der Waals surface area contributed by atoms with Crippen LogP contribution in [-0.2, 0) is 0 Å². The molecular formula is C16H11NO3. The van der Waals surface area contributed by atoms with Crippen molar-refractivity contribution in [2.24, 2.45) is 0 Å². The van der Waals surface area contributed by atoms with Crippen LogP contribution in [0.1, 0.15) is 21.5 Å². The van der Waals surface area contributed by atoms with Gasteiger partial charge in [-0.15, -0.1) is 0 Å². The molecule has 0 amide bonds. The van der Waals surface area contributed by atoms with Crippen molar-refractivity contribution >= 4 is 5.78 Å². The van der Waals surface area contributed by atoms with Crippen molar-refractivity contribution in [3.63, 3.8) is 0 Å². The minimum atomic E-state index is -0.195. The maximum atomic E-state index is 12.5. The van der Waals surface area contributed by atoms with Gasteiger partial charge in [-0.3, -0.25) is 4.79 Å². The Morgan fingerprint density at radius 1 is 1.05 bits per heavy atom. The van der Waals surface area contributed by atoms with Gasteiger partial charge in [0.15, 0.2) is 17.3 Å². The van der Waals surface area contributed by atoms with Gasteiger partial charge in [-0.25, -0.2) is 0 Å².